The van der Waals surface area contributed by atoms with Crippen LogP contribution < -0.4 is 5.32 Å². The smallest absolute Gasteiger partial charge is 0.275 e. The Balaban J connectivity index is 1.90. The van der Waals surface area contributed by atoms with Gasteiger partial charge < -0.3 is 10.2 Å². The molecule has 1 amide bonds. The maximum absolute atomic E-state index is 12.7. The Kier molecular flexibility index (Phi) is 3.44. The molecule has 0 spiro atoms. The molecule has 1 aliphatic heterocycles. The Morgan fingerprint density at radius 2 is 2.35 bits per heavy atom. The maximum atomic E-state index is 12.7. The third-order valence-corrected chi connectivity index (χ3v) is 4.04. The van der Waals surface area contributed by atoms with Crippen LogP contribution in [0.4, 0.5) is 0 Å². The monoisotopic (exact) mass is 272 g/mol. The summed E-state index contributed by atoms with van der Waals surface area (Å²) in [4.78, 5) is 14.6. The van der Waals surface area contributed by atoms with E-state index in [-0.39, 0.29) is 5.91 Å². The minimum absolute atomic E-state index is 0.0294. The summed E-state index contributed by atoms with van der Waals surface area (Å²) in [5.74, 6) is 0.0294. The van der Waals surface area contributed by atoms with Crippen LogP contribution in [-0.4, -0.2) is 47.2 Å². The van der Waals surface area contributed by atoms with Gasteiger partial charge in [0.2, 0.25) is 0 Å². The molecular weight excluding hydrogens is 252 g/mol. The molecule has 5 nitrogen and oxygen atoms in total. The van der Waals surface area contributed by atoms with Gasteiger partial charge >= 0.3 is 0 Å². The van der Waals surface area contributed by atoms with Crippen molar-refractivity contribution in [3.63, 3.8) is 0 Å². The Labute approximate surface area is 118 Å². The molecule has 1 atom stereocenters. The van der Waals surface area contributed by atoms with Crippen molar-refractivity contribution in [2.24, 2.45) is 0 Å². The molecular formula is C15H20N4O. The number of H-pyrrole nitrogens is 1. The highest BCUT2D eigenvalue weighted by Crippen LogP contribution is 2.20. The zero-order chi connectivity index (χ0) is 14.1. The van der Waals surface area contributed by atoms with Crippen molar-refractivity contribution in [1.29, 1.82) is 0 Å². The number of fused-ring (bicyclic) bond motifs is 1. The molecule has 3 rings (SSSR count). The fourth-order valence-corrected chi connectivity index (χ4v) is 2.84. The zero-order valence-electron chi connectivity index (χ0n) is 11.9. The summed E-state index contributed by atoms with van der Waals surface area (Å²) in [6, 6.07) is 6.40. The topological polar surface area (TPSA) is 61.0 Å². The Morgan fingerprint density at radius 3 is 3.15 bits per heavy atom. The van der Waals surface area contributed by atoms with Crippen LogP contribution >= 0.6 is 0 Å². The SMILES string of the molecule is CN[C@H]1CCCN(C(=O)c2n[nH]c3ccc(C)cc23)C1. The van der Waals surface area contributed by atoms with E-state index >= 15 is 0 Å². The minimum atomic E-state index is 0.0294. The van der Waals surface area contributed by atoms with Gasteiger partial charge in [-0.05, 0) is 38.9 Å². The number of piperidine rings is 1. The van der Waals surface area contributed by atoms with Crippen LogP contribution in [0.1, 0.15) is 28.9 Å². The highest BCUT2D eigenvalue weighted by molar-refractivity contribution is 6.04. The van der Waals surface area contributed by atoms with Gasteiger partial charge in [-0.1, -0.05) is 11.6 Å². The summed E-state index contributed by atoms with van der Waals surface area (Å²) in [6.07, 6.45) is 2.17. The number of likely N-dealkylation sites (tertiary alicyclic amines) is 1. The predicted octanol–water partition coefficient (Wildman–Crippen LogP) is 1.70. The van der Waals surface area contributed by atoms with E-state index in [4.69, 9.17) is 0 Å². The molecule has 1 saturated heterocycles. The lowest BCUT2D eigenvalue weighted by molar-refractivity contribution is 0.0694. The lowest BCUT2D eigenvalue weighted by Crippen LogP contribution is -2.47. The number of carbonyl (C=O) groups is 1. The van der Waals surface area contributed by atoms with Crippen molar-refractivity contribution in [3.05, 3.63) is 29.5 Å². The number of aromatic amines is 1. The molecule has 2 heterocycles. The number of aryl methyl sites for hydroxylation is 1. The molecule has 0 unspecified atom stereocenters. The van der Waals surface area contributed by atoms with Gasteiger partial charge in [-0.3, -0.25) is 9.89 Å². The van der Waals surface area contributed by atoms with Gasteiger partial charge in [0, 0.05) is 24.5 Å². The number of nitrogens with zero attached hydrogens (tertiary/aromatic N) is 2. The first-order chi connectivity index (χ1) is 9.69. The number of amides is 1. The fraction of sp³-hybridized carbons (Fsp3) is 0.467. The summed E-state index contributed by atoms with van der Waals surface area (Å²) in [7, 11) is 1.95. The Hall–Kier alpha value is -1.88. The molecule has 106 valence electrons. The molecule has 0 radical (unpaired) electrons. The van der Waals surface area contributed by atoms with Gasteiger partial charge in [-0.15, -0.1) is 0 Å². The Bertz CT molecular complexity index is 634. The number of aromatic nitrogens is 2. The molecule has 2 N–H and O–H groups in total. The molecule has 5 heteroatoms. The molecule has 0 bridgehead atoms. The normalized spacial score (nSPS) is 19.5. The lowest BCUT2D eigenvalue weighted by atomic mass is 10.0. The summed E-state index contributed by atoms with van der Waals surface area (Å²) in [5.41, 5.74) is 2.60. The quantitative estimate of drug-likeness (QED) is 0.874. The molecule has 2 aromatic rings. The second kappa shape index (κ2) is 5.25. The van der Waals surface area contributed by atoms with E-state index in [2.05, 4.69) is 15.5 Å². The lowest BCUT2D eigenvalue weighted by Gasteiger charge is -2.32. The summed E-state index contributed by atoms with van der Waals surface area (Å²) in [5, 5.41) is 11.3. The van der Waals surface area contributed by atoms with Gasteiger partial charge in [0.1, 0.15) is 0 Å². The highest BCUT2D eigenvalue weighted by atomic mass is 16.2. The average molecular weight is 272 g/mol. The number of benzene rings is 1. The number of carbonyl (C=O) groups excluding carboxylic acids is 1. The molecule has 1 fully saturated rings. The van der Waals surface area contributed by atoms with E-state index in [1.807, 2.05) is 37.1 Å². The molecule has 0 aliphatic carbocycles. The van der Waals surface area contributed by atoms with Crippen LogP contribution in [0.15, 0.2) is 18.2 Å². The van der Waals surface area contributed by atoms with Gasteiger partial charge in [-0.25, -0.2) is 0 Å². The van der Waals surface area contributed by atoms with Gasteiger partial charge in [0.25, 0.3) is 5.91 Å². The minimum Gasteiger partial charge on any atom is -0.336 e. The van der Waals surface area contributed by atoms with E-state index < -0.39 is 0 Å². The molecule has 1 aliphatic rings. The van der Waals surface area contributed by atoms with Crippen LogP contribution in [0.5, 0.6) is 0 Å². The van der Waals surface area contributed by atoms with E-state index in [0.29, 0.717) is 11.7 Å². The van der Waals surface area contributed by atoms with Crippen molar-refractivity contribution in [1.82, 2.24) is 20.4 Å². The van der Waals surface area contributed by atoms with Crippen LogP contribution in [0, 0.1) is 6.92 Å². The molecule has 0 saturated carbocycles. The first-order valence-electron chi connectivity index (χ1n) is 7.10. The van der Waals surface area contributed by atoms with Gasteiger partial charge in [0.05, 0.1) is 5.52 Å². The molecule has 20 heavy (non-hydrogen) atoms. The first kappa shape index (κ1) is 13.1. The van der Waals surface area contributed by atoms with E-state index in [1.165, 1.54) is 0 Å². The predicted molar refractivity (Wildman–Crippen MR) is 78.8 cm³/mol. The van der Waals surface area contributed by atoms with Crippen molar-refractivity contribution >= 4 is 16.8 Å². The molecule has 1 aromatic heterocycles. The number of likely N-dealkylation sites (N-methyl/N-ethyl adjacent to an activating group) is 1. The van der Waals surface area contributed by atoms with Crippen molar-refractivity contribution in [2.45, 2.75) is 25.8 Å². The van der Waals surface area contributed by atoms with Crippen LogP contribution in [0.25, 0.3) is 10.9 Å². The number of rotatable bonds is 2. The maximum Gasteiger partial charge on any atom is 0.275 e. The van der Waals surface area contributed by atoms with E-state index in [0.717, 1.165) is 42.4 Å². The zero-order valence-corrected chi connectivity index (χ0v) is 11.9. The standard InChI is InChI=1S/C15H20N4O/c1-10-5-6-13-12(8-10)14(18-17-13)15(20)19-7-3-4-11(9-19)16-2/h5-6,8,11,16H,3-4,7,9H2,1-2H3,(H,17,18)/t11-/m0/s1. The van der Waals surface area contributed by atoms with Crippen molar-refractivity contribution in [3.8, 4) is 0 Å². The van der Waals surface area contributed by atoms with Crippen molar-refractivity contribution in [2.75, 3.05) is 20.1 Å². The summed E-state index contributed by atoms with van der Waals surface area (Å²) < 4.78 is 0. The first-order valence-corrected chi connectivity index (χ1v) is 7.10. The number of hydrogen-bond acceptors (Lipinski definition) is 3. The second-order valence-corrected chi connectivity index (χ2v) is 5.50. The molecule has 1 aromatic carbocycles. The summed E-state index contributed by atoms with van der Waals surface area (Å²) >= 11 is 0. The third-order valence-electron chi connectivity index (χ3n) is 4.04. The Morgan fingerprint density at radius 1 is 1.50 bits per heavy atom. The largest absolute Gasteiger partial charge is 0.336 e. The summed E-state index contributed by atoms with van der Waals surface area (Å²) in [6.45, 7) is 3.60. The van der Waals surface area contributed by atoms with Crippen LogP contribution in [0.2, 0.25) is 0 Å². The van der Waals surface area contributed by atoms with Crippen molar-refractivity contribution < 1.29 is 4.79 Å². The number of nitrogens with one attached hydrogen (secondary N) is 2. The van der Waals surface area contributed by atoms with Crippen LogP contribution in [0.3, 0.4) is 0 Å². The second-order valence-electron chi connectivity index (χ2n) is 5.50. The highest BCUT2D eigenvalue weighted by Gasteiger charge is 2.26. The van der Waals surface area contributed by atoms with Gasteiger partial charge in [-0.2, -0.15) is 5.10 Å². The van der Waals surface area contributed by atoms with Gasteiger partial charge in [0.15, 0.2) is 5.69 Å². The number of hydrogen-bond donors (Lipinski definition) is 2. The third kappa shape index (κ3) is 2.29. The fourth-order valence-electron chi connectivity index (χ4n) is 2.84. The van der Waals surface area contributed by atoms with Crippen LogP contribution in [-0.2, 0) is 0 Å². The average Bonchev–Trinajstić information content (AvgIpc) is 2.89. The van der Waals surface area contributed by atoms with E-state index in [1.54, 1.807) is 0 Å². The van der Waals surface area contributed by atoms with E-state index in [9.17, 15) is 4.79 Å².